The van der Waals surface area contributed by atoms with Crippen LogP contribution in [0.5, 0.6) is 0 Å². The molecule has 0 fully saturated rings. The standard InChI is InChI=1S/C15H16BrN3OS2/c1-19(10-11-6-7-13(16)22-11)8-2-5-14-17-15(18-20-14)12-4-3-9-21-12/h3-4,6-7,9H,2,5,8,10H2,1H3. The van der Waals surface area contributed by atoms with Crippen LogP contribution in [-0.4, -0.2) is 28.6 Å². The van der Waals surface area contributed by atoms with Gasteiger partial charge >= 0.3 is 0 Å². The van der Waals surface area contributed by atoms with E-state index in [2.05, 4.69) is 50.2 Å². The van der Waals surface area contributed by atoms with Crippen molar-refractivity contribution in [2.24, 2.45) is 0 Å². The SMILES string of the molecule is CN(CCCc1nc(-c2cccs2)no1)Cc1ccc(Br)s1. The third-order valence-electron chi connectivity index (χ3n) is 3.19. The zero-order chi connectivity index (χ0) is 15.4. The van der Waals surface area contributed by atoms with Crippen LogP contribution >= 0.6 is 38.6 Å². The van der Waals surface area contributed by atoms with E-state index in [1.54, 1.807) is 22.7 Å². The van der Waals surface area contributed by atoms with Crippen molar-refractivity contribution in [2.45, 2.75) is 19.4 Å². The van der Waals surface area contributed by atoms with Gasteiger partial charge in [-0.05, 0) is 59.5 Å². The van der Waals surface area contributed by atoms with Crippen LogP contribution in [0.25, 0.3) is 10.7 Å². The molecule has 0 aliphatic rings. The molecule has 0 aromatic carbocycles. The maximum absolute atomic E-state index is 5.31. The van der Waals surface area contributed by atoms with Crippen molar-refractivity contribution in [3.63, 3.8) is 0 Å². The molecule has 3 rings (SSSR count). The number of halogens is 1. The Morgan fingerprint density at radius 3 is 2.95 bits per heavy atom. The Bertz CT molecular complexity index is 708. The second-order valence-electron chi connectivity index (χ2n) is 5.04. The fourth-order valence-corrected chi connectivity index (χ4v) is 4.36. The van der Waals surface area contributed by atoms with Crippen LogP contribution in [0, 0.1) is 0 Å². The van der Waals surface area contributed by atoms with E-state index in [0.717, 1.165) is 36.7 Å². The van der Waals surface area contributed by atoms with Crippen LogP contribution in [-0.2, 0) is 13.0 Å². The Morgan fingerprint density at radius 2 is 2.23 bits per heavy atom. The van der Waals surface area contributed by atoms with Crippen molar-refractivity contribution >= 4 is 38.6 Å². The second kappa shape index (κ2) is 7.50. The van der Waals surface area contributed by atoms with Gasteiger partial charge in [-0.3, -0.25) is 0 Å². The summed E-state index contributed by atoms with van der Waals surface area (Å²) in [4.78, 5) is 9.18. The molecule has 4 nitrogen and oxygen atoms in total. The highest BCUT2D eigenvalue weighted by molar-refractivity contribution is 9.11. The van der Waals surface area contributed by atoms with Crippen LogP contribution in [0.2, 0.25) is 0 Å². The minimum atomic E-state index is 0.696. The smallest absolute Gasteiger partial charge is 0.227 e. The van der Waals surface area contributed by atoms with E-state index in [-0.39, 0.29) is 0 Å². The molecule has 0 aliphatic carbocycles. The van der Waals surface area contributed by atoms with Gasteiger partial charge in [0.2, 0.25) is 11.7 Å². The first-order valence-electron chi connectivity index (χ1n) is 7.00. The third kappa shape index (κ3) is 4.25. The number of rotatable bonds is 7. The van der Waals surface area contributed by atoms with Gasteiger partial charge in [0, 0.05) is 17.8 Å². The molecule has 0 bridgehead atoms. The van der Waals surface area contributed by atoms with Crippen molar-refractivity contribution in [2.75, 3.05) is 13.6 Å². The van der Waals surface area contributed by atoms with E-state index >= 15 is 0 Å². The van der Waals surface area contributed by atoms with Crippen molar-refractivity contribution in [3.8, 4) is 10.7 Å². The Morgan fingerprint density at radius 1 is 1.32 bits per heavy atom. The van der Waals surface area contributed by atoms with E-state index in [1.165, 1.54) is 8.66 Å². The molecule has 3 aromatic rings. The Kier molecular flexibility index (Phi) is 5.41. The molecule has 0 amide bonds. The van der Waals surface area contributed by atoms with E-state index in [0.29, 0.717) is 5.82 Å². The molecule has 22 heavy (non-hydrogen) atoms. The molecule has 0 spiro atoms. The molecular weight excluding hydrogens is 382 g/mol. The first kappa shape index (κ1) is 15.9. The normalized spacial score (nSPS) is 11.4. The molecule has 0 aliphatic heterocycles. The minimum Gasteiger partial charge on any atom is -0.339 e. The van der Waals surface area contributed by atoms with Crippen molar-refractivity contribution in [1.82, 2.24) is 15.0 Å². The van der Waals surface area contributed by atoms with Crippen LogP contribution in [0.1, 0.15) is 17.2 Å². The molecule has 7 heteroatoms. The Labute approximate surface area is 145 Å². The molecule has 0 saturated heterocycles. The first-order valence-corrected chi connectivity index (χ1v) is 9.49. The highest BCUT2D eigenvalue weighted by Gasteiger charge is 2.10. The predicted octanol–water partition coefficient (Wildman–Crippen LogP) is 4.69. The summed E-state index contributed by atoms with van der Waals surface area (Å²) in [7, 11) is 2.14. The van der Waals surface area contributed by atoms with Gasteiger partial charge in [-0.25, -0.2) is 0 Å². The highest BCUT2D eigenvalue weighted by Crippen LogP contribution is 2.23. The van der Waals surface area contributed by atoms with E-state index in [1.807, 2.05) is 17.5 Å². The molecule has 116 valence electrons. The lowest BCUT2D eigenvalue weighted by Crippen LogP contribution is -2.18. The topological polar surface area (TPSA) is 42.2 Å². The average molecular weight is 398 g/mol. The van der Waals surface area contributed by atoms with E-state index in [9.17, 15) is 0 Å². The summed E-state index contributed by atoms with van der Waals surface area (Å²) < 4.78 is 6.50. The molecule has 0 N–H and O–H groups in total. The molecule has 0 unspecified atom stereocenters. The van der Waals surface area contributed by atoms with Gasteiger partial charge in [0.15, 0.2) is 0 Å². The average Bonchev–Trinajstić information content (AvgIpc) is 3.20. The van der Waals surface area contributed by atoms with Gasteiger partial charge < -0.3 is 9.42 Å². The maximum Gasteiger partial charge on any atom is 0.227 e. The second-order valence-corrected chi connectivity index (χ2v) is 8.53. The summed E-state index contributed by atoms with van der Waals surface area (Å²) in [6, 6.07) is 8.26. The van der Waals surface area contributed by atoms with Crippen LogP contribution in [0.15, 0.2) is 38.0 Å². The molecule has 0 atom stereocenters. The summed E-state index contributed by atoms with van der Waals surface area (Å²) in [5, 5.41) is 6.05. The molecule has 0 saturated carbocycles. The molecule has 3 heterocycles. The minimum absolute atomic E-state index is 0.696. The van der Waals surface area contributed by atoms with Gasteiger partial charge in [-0.2, -0.15) is 4.98 Å². The van der Waals surface area contributed by atoms with Crippen molar-refractivity contribution in [1.29, 1.82) is 0 Å². The summed E-state index contributed by atoms with van der Waals surface area (Å²) in [6.45, 7) is 1.98. The van der Waals surface area contributed by atoms with Gasteiger partial charge in [0.1, 0.15) is 0 Å². The lowest BCUT2D eigenvalue weighted by atomic mass is 10.3. The largest absolute Gasteiger partial charge is 0.339 e. The monoisotopic (exact) mass is 397 g/mol. The van der Waals surface area contributed by atoms with Gasteiger partial charge in [0.05, 0.1) is 8.66 Å². The summed E-state index contributed by atoms with van der Waals surface area (Å²) >= 11 is 6.91. The molecule has 3 aromatic heterocycles. The Balaban J connectivity index is 1.45. The van der Waals surface area contributed by atoms with Crippen LogP contribution in [0.3, 0.4) is 0 Å². The van der Waals surface area contributed by atoms with Crippen molar-refractivity contribution < 1.29 is 4.52 Å². The number of aryl methyl sites for hydroxylation is 1. The quantitative estimate of drug-likeness (QED) is 0.579. The van der Waals surface area contributed by atoms with Crippen LogP contribution < -0.4 is 0 Å². The summed E-state index contributed by atoms with van der Waals surface area (Å²) in [5.41, 5.74) is 0. The Hall–Kier alpha value is -1.02. The number of nitrogens with zero attached hydrogens (tertiary/aromatic N) is 3. The zero-order valence-corrected chi connectivity index (χ0v) is 15.4. The fraction of sp³-hybridized carbons (Fsp3) is 0.333. The third-order valence-corrected chi connectivity index (χ3v) is 5.67. The lowest BCUT2D eigenvalue weighted by molar-refractivity contribution is 0.312. The van der Waals surface area contributed by atoms with Crippen LogP contribution in [0.4, 0.5) is 0 Å². The zero-order valence-electron chi connectivity index (χ0n) is 12.2. The summed E-state index contributed by atoms with van der Waals surface area (Å²) in [5.74, 6) is 1.41. The number of hydrogen-bond donors (Lipinski definition) is 0. The fourth-order valence-electron chi connectivity index (χ4n) is 2.14. The van der Waals surface area contributed by atoms with E-state index < -0.39 is 0 Å². The predicted molar refractivity (Wildman–Crippen MR) is 94.3 cm³/mol. The lowest BCUT2D eigenvalue weighted by Gasteiger charge is -2.14. The first-order chi connectivity index (χ1) is 10.7. The number of aromatic nitrogens is 2. The van der Waals surface area contributed by atoms with E-state index in [4.69, 9.17) is 4.52 Å². The maximum atomic E-state index is 5.31. The summed E-state index contributed by atoms with van der Waals surface area (Å²) in [6.07, 6.45) is 1.83. The van der Waals surface area contributed by atoms with Gasteiger partial charge in [0.25, 0.3) is 0 Å². The molecular formula is C15H16BrN3OS2. The van der Waals surface area contributed by atoms with Gasteiger partial charge in [-0.15, -0.1) is 22.7 Å². The number of thiophene rings is 2. The molecule has 0 radical (unpaired) electrons. The highest BCUT2D eigenvalue weighted by atomic mass is 79.9. The van der Waals surface area contributed by atoms with Gasteiger partial charge in [-0.1, -0.05) is 11.2 Å². The number of hydrogen-bond acceptors (Lipinski definition) is 6. The van der Waals surface area contributed by atoms with Crippen molar-refractivity contribution in [3.05, 3.63) is 44.2 Å².